The molecule has 6 heteroatoms. The molecule has 0 radical (unpaired) electrons. The van der Waals surface area contributed by atoms with Crippen LogP contribution in [0.25, 0.3) is 0 Å². The summed E-state index contributed by atoms with van der Waals surface area (Å²) >= 11 is 0. The number of amidine groups is 1. The number of rotatable bonds is 4. The maximum absolute atomic E-state index is 12.3. The number of carbonyl (C=O) groups is 1. The lowest BCUT2D eigenvalue weighted by Crippen LogP contribution is -2.57. The first kappa shape index (κ1) is 13.1. The molecule has 2 rings (SSSR count). The minimum atomic E-state index is -0.796. The van der Waals surface area contributed by atoms with Gasteiger partial charge in [0.25, 0.3) is 0 Å². The van der Waals surface area contributed by atoms with Crippen LogP contribution in [0.4, 0.5) is 0 Å². The minimum absolute atomic E-state index is 0.0261. The molecule has 2 aliphatic carbocycles. The van der Waals surface area contributed by atoms with E-state index in [9.17, 15) is 4.79 Å². The molecule has 2 saturated carbocycles. The molecule has 0 bridgehead atoms. The first-order chi connectivity index (χ1) is 8.64. The lowest BCUT2D eigenvalue weighted by molar-refractivity contribution is -0.132. The molecule has 0 aromatic carbocycles. The second-order valence-electron chi connectivity index (χ2n) is 5.21. The third kappa shape index (κ3) is 2.05. The second-order valence-corrected chi connectivity index (χ2v) is 5.21. The zero-order chi connectivity index (χ0) is 13.2. The van der Waals surface area contributed by atoms with E-state index in [1.54, 1.807) is 7.11 Å². The van der Waals surface area contributed by atoms with Crippen molar-refractivity contribution in [2.75, 3.05) is 7.11 Å². The summed E-state index contributed by atoms with van der Waals surface area (Å²) in [6.45, 7) is 0. The monoisotopic (exact) mass is 255 g/mol. The average Bonchev–Trinajstić information content (AvgIpc) is 2.74. The molecule has 0 aromatic heterocycles. The Bertz CT molecular complexity index is 352. The molecule has 2 aliphatic rings. The van der Waals surface area contributed by atoms with Crippen molar-refractivity contribution in [2.45, 2.75) is 50.7 Å². The topological polar surface area (TPSA) is 96.9 Å². The highest BCUT2D eigenvalue weighted by atomic mass is 16.5. The highest BCUT2D eigenvalue weighted by Crippen LogP contribution is 2.41. The third-order valence-corrected chi connectivity index (χ3v) is 4.31. The van der Waals surface area contributed by atoms with Gasteiger partial charge in [-0.25, -0.2) is 0 Å². The van der Waals surface area contributed by atoms with Crippen LogP contribution in [0.15, 0.2) is 5.16 Å². The van der Waals surface area contributed by atoms with Crippen LogP contribution in [0.1, 0.15) is 38.5 Å². The van der Waals surface area contributed by atoms with Crippen LogP contribution in [0.5, 0.6) is 0 Å². The van der Waals surface area contributed by atoms with Crippen LogP contribution in [-0.2, 0) is 9.53 Å². The summed E-state index contributed by atoms with van der Waals surface area (Å²) < 4.78 is 5.35. The number of hydrogen-bond acceptors (Lipinski definition) is 4. The molecule has 0 spiro atoms. The zero-order valence-electron chi connectivity index (χ0n) is 10.7. The molecule has 102 valence electrons. The van der Waals surface area contributed by atoms with Gasteiger partial charge in [-0.05, 0) is 32.1 Å². The maximum atomic E-state index is 12.3. The summed E-state index contributed by atoms with van der Waals surface area (Å²) in [5, 5.41) is 14.8. The SMILES string of the molecule is COC1CCCC1NC(=O)C1(C(N)=NO)CCC1. The van der Waals surface area contributed by atoms with Crippen molar-refractivity contribution in [2.24, 2.45) is 16.3 Å². The summed E-state index contributed by atoms with van der Waals surface area (Å²) in [5.41, 5.74) is 4.87. The van der Waals surface area contributed by atoms with E-state index in [-0.39, 0.29) is 23.9 Å². The Labute approximate surface area is 107 Å². The molecule has 0 saturated heterocycles. The van der Waals surface area contributed by atoms with Gasteiger partial charge in [-0.15, -0.1) is 0 Å². The zero-order valence-corrected chi connectivity index (χ0v) is 10.7. The fourth-order valence-corrected chi connectivity index (χ4v) is 2.91. The minimum Gasteiger partial charge on any atom is -0.409 e. The number of nitrogens with one attached hydrogen (secondary N) is 1. The highest BCUT2D eigenvalue weighted by molar-refractivity contribution is 6.07. The normalized spacial score (nSPS) is 30.8. The quantitative estimate of drug-likeness (QED) is 0.296. The average molecular weight is 255 g/mol. The van der Waals surface area contributed by atoms with Crippen LogP contribution in [0.3, 0.4) is 0 Å². The molecule has 0 aliphatic heterocycles. The molecule has 0 heterocycles. The third-order valence-electron chi connectivity index (χ3n) is 4.31. The van der Waals surface area contributed by atoms with Crippen molar-refractivity contribution in [1.29, 1.82) is 0 Å². The smallest absolute Gasteiger partial charge is 0.234 e. The van der Waals surface area contributed by atoms with Gasteiger partial charge < -0.3 is 21.0 Å². The Morgan fingerprint density at radius 3 is 2.67 bits per heavy atom. The Hall–Kier alpha value is -1.30. The molecule has 4 N–H and O–H groups in total. The van der Waals surface area contributed by atoms with Crippen molar-refractivity contribution >= 4 is 11.7 Å². The second kappa shape index (κ2) is 5.14. The predicted octanol–water partition coefficient (Wildman–Crippen LogP) is 0.587. The molecule has 0 aromatic rings. The van der Waals surface area contributed by atoms with Crippen LogP contribution >= 0.6 is 0 Å². The van der Waals surface area contributed by atoms with E-state index >= 15 is 0 Å². The number of hydrogen-bond donors (Lipinski definition) is 3. The Morgan fingerprint density at radius 2 is 2.17 bits per heavy atom. The van der Waals surface area contributed by atoms with E-state index in [1.165, 1.54) is 0 Å². The van der Waals surface area contributed by atoms with Crippen LogP contribution in [0, 0.1) is 5.41 Å². The van der Waals surface area contributed by atoms with Crippen LogP contribution in [0.2, 0.25) is 0 Å². The first-order valence-corrected chi connectivity index (χ1v) is 6.46. The number of carbonyl (C=O) groups excluding carboxylic acids is 1. The van der Waals surface area contributed by atoms with Crippen LogP contribution < -0.4 is 11.1 Å². The first-order valence-electron chi connectivity index (χ1n) is 6.46. The highest BCUT2D eigenvalue weighted by Gasteiger charge is 2.49. The van der Waals surface area contributed by atoms with Gasteiger partial charge in [0, 0.05) is 7.11 Å². The van der Waals surface area contributed by atoms with Gasteiger partial charge in [-0.3, -0.25) is 4.79 Å². The number of nitrogens with two attached hydrogens (primary N) is 1. The summed E-state index contributed by atoms with van der Waals surface area (Å²) in [6.07, 6.45) is 5.27. The molecular weight excluding hydrogens is 234 g/mol. The van der Waals surface area contributed by atoms with Crippen molar-refractivity contribution in [1.82, 2.24) is 5.32 Å². The summed E-state index contributed by atoms with van der Waals surface area (Å²) in [5.74, 6) is -0.101. The lowest BCUT2D eigenvalue weighted by Gasteiger charge is -2.39. The van der Waals surface area contributed by atoms with E-state index in [0.717, 1.165) is 25.7 Å². The standard InChI is InChI=1S/C12H21N3O3/c1-18-9-5-2-4-8(9)14-11(16)12(6-3-7-12)10(13)15-17/h8-9,17H,2-7H2,1H3,(H2,13,15)(H,14,16). The van der Waals surface area contributed by atoms with Crippen molar-refractivity contribution < 1.29 is 14.7 Å². The van der Waals surface area contributed by atoms with Crippen molar-refractivity contribution in [3.8, 4) is 0 Å². The van der Waals surface area contributed by atoms with Crippen LogP contribution in [-0.4, -0.2) is 36.2 Å². The summed E-state index contributed by atoms with van der Waals surface area (Å²) in [4.78, 5) is 12.3. The molecule has 2 atom stereocenters. The molecule has 1 amide bonds. The van der Waals surface area contributed by atoms with E-state index in [1.807, 2.05) is 0 Å². The van der Waals surface area contributed by atoms with Gasteiger partial charge in [0.15, 0.2) is 5.84 Å². The largest absolute Gasteiger partial charge is 0.409 e. The lowest BCUT2D eigenvalue weighted by atomic mass is 9.67. The Kier molecular flexibility index (Phi) is 3.75. The number of oxime groups is 1. The fourth-order valence-electron chi connectivity index (χ4n) is 2.91. The number of methoxy groups -OCH3 is 1. The summed E-state index contributed by atoms with van der Waals surface area (Å²) in [6, 6.07) is 0.0477. The van der Waals surface area contributed by atoms with Gasteiger partial charge in [-0.2, -0.15) is 0 Å². The fraction of sp³-hybridized carbons (Fsp3) is 0.833. The van der Waals surface area contributed by atoms with Gasteiger partial charge in [-0.1, -0.05) is 11.6 Å². The molecular formula is C12H21N3O3. The Balaban J connectivity index is 2.03. The van der Waals surface area contributed by atoms with Gasteiger partial charge in [0.2, 0.25) is 5.91 Å². The van der Waals surface area contributed by atoms with E-state index in [0.29, 0.717) is 12.8 Å². The van der Waals surface area contributed by atoms with Crippen molar-refractivity contribution in [3.05, 3.63) is 0 Å². The number of ether oxygens (including phenoxy) is 1. The number of amides is 1. The van der Waals surface area contributed by atoms with E-state index in [2.05, 4.69) is 10.5 Å². The molecule has 2 unspecified atom stereocenters. The molecule has 18 heavy (non-hydrogen) atoms. The maximum Gasteiger partial charge on any atom is 0.234 e. The Morgan fingerprint density at radius 1 is 1.44 bits per heavy atom. The molecule has 6 nitrogen and oxygen atoms in total. The molecule has 2 fully saturated rings. The van der Waals surface area contributed by atoms with Crippen molar-refractivity contribution in [3.63, 3.8) is 0 Å². The van der Waals surface area contributed by atoms with E-state index in [4.69, 9.17) is 15.7 Å². The number of nitrogens with zero attached hydrogens (tertiary/aromatic N) is 1. The van der Waals surface area contributed by atoms with Gasteiger partial charge >= 0.3 is 0 Å². The van der Waals surface area contributed by atoms with Gasteiger partial charge in [0.1, 0.15) is 5.41 Å². The van der Waals surface area contributed by atoms with E-state index < -0.39 is 5.41 Å². The summed E-state index contributed by atoms with van der Waals surface area (Å²) in [7, 11) is 1.66. The van der Waals surface area contributed by atoms with Gasteiger partial charge in [0.05, 0.1) is 12.1 Å². The predicted molar refractivity (Wildman–Crippen MR) is 66.3 cm³/mol.